The lowest BCUT2D eigenvalue weighted by Crippen LogP contribution is -2.14. The van der Waals surface area contributed by atoms with E-state index in [1.54, 1.807) is 30.3 Å². The van der Waals surface area contributed by atoms with Gasteiger partial charge < -0.3 is 14.2 Å². The van der Waals surface area contributed by atoms with Crippen LogP contribution in [0.1, 0.15) is 39.4 Å². The molecule has 3 rings (SSSR count). The van der Waals surface area contributed by atoms with Crippen LogP contribution in [0.15, 0.2) is 66.4 Å². The van der Waals surface area contributed by atoms with E-state index < -0.39 is 23.4 Å². The van der Waals surface area contributed by atoms with Crippen molar-refractivity contribution in [3.05, 3.63) is 72.0 Å². The van der Waals surface area contributed by atoms with Crippen molar-refractivity contribution >= 4 is 5.97 Å². The van der Waals surface area contributed by atoms with Gasteiger partial charge in [-0.2, -0.15) is 10.5 Å². The topological polar surface area (TPSA) is 92.3 Å². The Kier molecular flexibility index (Phi) is 6.85. The molecule has 0 unspecified atom stereocenters. The second-order valence-electron chi connectivity index (χ2n) is 8.57. The molecule has 1 aliphatic carbocycles. The Labute approximate surface area is 188 Å². The van der Waals surface area contributed by atoms with Crippen LogP contribution in [-0.4, -0.2) is 12.1 Å². The van der Waals surface area contributed by atoms with Crippen molar-refractivity contribution in [3.63, 3.8) is 0 Å². The maximum Gasteiger partial charge on any atom is 0.311 e. The average molecular weight is 431 g/mol. The predicted molar refractivity (Wildman–Crippen MR) is 118 cm³/mol. The van der Waals surface area contributed by atoms with Crippen molar-refractivity contribution in [2.24, 2.45) is 17.3 Å². The summed E-state index contributed by atoms with van der Waals surface area (Å²) in [6.07, 6.45) is 0.480. The molecule has 6 nitrogen and oxygen atoms in total. The van der Waals surface area contributed by atoms with Crippen molar-refractivity contribution in [1.29, 1.82) is 10.5 Å². The Morgan fingerprint density at radius 1 is 1.03 bits per heavy atom. The Hall–Kier alpha value is -3.77. The molecule has 0 saturated heterocycles. The first-order valence-electron chi connectivity index (χ1n) is 10.5. The van der Waals surface area contributed by atoms with Crippen molar-refractivity contribution < 1.29 is 19.0 Å². The summed E-state index contributed by atoms with van der Waals surface area (Å²) in [4.78, 5) is 12.9. The molecule has 164 valence electrons. The predicted octanol–water partition coefficient (Wildman–Crippen LogP) is 5.69. The normalized spacial score (nSPS) is 19.9. The second-order valence-corrected chi connectivity index (χ2v) is 8.57. The minimum Gasteiger partial charge on any atom is -0.481 e. The summed E-state index contributed by atoms with van der Waals surface area (Å²) in [6.45, 7) is 7.53. The fourth-order valence-electron chi connectivity index (χ4n) is 3.68. The third-order valence-electron chi connectivity index (χ3n) is 5.46. The molecule has 0 amide bonds. The fraction of sp³-hybridized carbons (Fsp3) is 0.346. The number of hydrogen-bond donors (Lipinski definition) is 0. The lowest BCUT2D eigenvalue weighted by atomic mass is 10.1. The molecule has 1 aliphatic rings. The first kappa shape index (κ1) is 22.9. The summed E-state index contributed by atoms with van der Waals surface area (Å²) >= 11 is 0. The number of rotatable bonds is 8. The van der Waals surface area contributed by atoms with E-state index in [-0.39, 0.29) is 17.8 Å². The number of para-hydroxylation sites is 1. The molecule has 0 spiro atoms. The Morgan fingerprint density at radius 3 is 2.34 bits per heavy atom. The maximum absolute atomic E-state index is 12.9. The molecule has 32 heavy (non-hydrogen) atoms. The van der Waals surface area contributed by atoms with Gasteiger partial charge in [-0.1, -0.05) is 44.2 Å². The highest BCUT2D eigenvalue weighted by Gasteiger charge is 2.62. The minimum atomic E-state index is -1.06. The molecule has 0 aliphatic heterocycles. The van der Waals surface area contributed by atoms with E-state index in [0.717, 1.165) is 0 Å². The van der Waals surface area contributed by atoms with Crippen LogP contribution in [0.3, 0.4) is 0 Å². The Balaban J connectivity index is 1.71. The van der Waals surface area contributed by atoms with Crippen molar-refractivity contribution in [2.45, 2.75) is 39.9 Å². The number of carbonyl (C=O) groups excluding carboxylic acids is 1. The summed E-state index contributed by atoms with van der Waals surface area (Å²) < 4.78 is 16.9. The van der Waals surface area contributed by atoms with E-state index in [2.05, 4.69) is 6.07 Å². The zero-order valence-electron chi connectivity index (χ0n) is 18.6. The Morgan fingerprint density at radius 2 is 1.72 bits per heavy atom. The third kappa shape index (κ3) is 5.28. The summed E-state index contributed by atoms with van der Waals surface area (Å²) in [7, 11) is 0. The van der Waals surface area contributed by atoms with E-state index in [1.165, 1.54) is 0 Å². The van der Waals surface area contributed by atoms with Gasteiger partial charge in [0.2, 0.25) is 6.10 Å². The van der Waals surface area contributed by atoms with Gasteiger partial charge in [-0.3, -0.25) is 4.79 Å². The van der Waals surface area contributed by atoms with Crippen LogP contribution in [0, 0.1) is 39.9 Å². The lowest BCUT2D eigenvalue weighted by Gasteiger charge is -2.13. The number of carbonyl (C=O) groups is 1. The maximum atomic E-state index is 12.9. The molecule has 0 radical (unpaired) electrons. The van der Waals surface area contributed by atoms with E-state index in [1.807, 2.05) is 64.1 Å². The number of nitrogens with zero attached hydrogens (tertiary/aromatic N) is 2. The highest BCUT2D eigenvalue weighted by Crippen LogP contribution is 2.60. The van der Waals surface area contributed by atoms with Crippen LogP contribution >= 0.6 is 0 Å². The van der Waals surface area contributed by atoms with E-state index in [9.17, 15) is 15.3 Å². The van der Waals surface area contributed by atoms with Gasteiger partial charge in [0.25, 0.3) is 0 Å². The minimum absolute atomic E-state index is 0.137. The highest BCUT2D eigenvalue weighted by atomic mass is 16.5. The van der Waals surface area contributed by atoms with Gasteiger partial charge in [0.15, 0.2) is 5.76 Å². The van der Waals surface area contributed by atoms with Crippen LogP contribution in [0.25, 0.3) is 0 Å². The summed E-state index contributed by atoms with van der Waals surface area (Å²) in [5, 5.41) is 18.9. The summed E-state index contributed by atoms with van der Waals surface area (Å²) in [5.41, 5.74) is 0.137. The quantitative estimate of drug-likeness (QED) is 0.303. The van der Waals surface area contributed by atoms with Gasteiger partial charge in [-0.25, -0.2) is 0 Å². The molecule has 0 N–H and O–H groups in total. The van der Waals surface area contributed by atoms with Gasteiger partial charge in [0, 0.05) is 11.5 Å². The molecule has 6 heteroatoms. The SMILES string of the molecule is CC(C)OC(C#N)=C[C@H]1[C@@H](C(=O)O[C@H](C#N)c2cccc(Oc3ccccc3)c2)C1(C)C. The van der Waals surface area contributed by atoms with Crippen LogP contribution in [-0.2, 0) is 14.3 Å². The molecule has 2 aromatic rings. The number of esters is 1. The molecule has 0 bridgehead atoms. The molecule has 1 fully saturated rings. The number of allylic oxidation sites excluding steroid dienone is 2. The summed E-state index contributed by atoms with van der Waals surface area (Å²) in [6, 6.07) is 20.3. The molecular weight excluding hydrogens is 404 g/mol. The van der Waals surface area contributed by atoms with Crippen molar-refractivity contribution in [3.8, 4) is 23.6 Å². The molecule has 1 saturated carbocycles. The Bertz CT molecular complexity index is 1080. The van der Waals surface area contributed by atoms with Crippen LogP contribution in [0.4, 0.5) is 0 Å². The highest BCUT2D eigenvalue weighted by molar-refractivity contribution is 5.78. The van der Waals surface area contributed by atoms with Gasteiger partial charge >= 0.3 is 5.97 Å². The van der Waals surface area contributed by atoms with Crippen LogP contribution < -0.4 is 4.74 Å². The number of benzene rings is 2. The van der Waals surface area contributed by atoms with Crippen molar-refractivity contribution in [2.75, 3.05) is 0 Å². The molecule has 0 heterocycles. The van der Waals surface area contributed by atoms with E-state index >= 15 is 0 Å². The van der Waals surface area contributed by atoms with Gasteiger partial charge in [-0.15, -0.1) is 0 Å². The van der Waals surface area contributed by atoms with Gasteiger partial charge in [-0.05, 0) is 49.6 Å². The van der Waals surface area contributed by atoms with E-state index in [4.69, 9.17) is 14.2 Å². The largest absolute Gasteiger partial charge is 0.481 e. The first-order chi connectivity index (χ1) is 15.3. The van der Waals surface area contributed by atoms with Gasteiger partial charge in [0.05, 0.1) is 12.0 Å². The molecular formula is C26H26N2O4. The third-order valence-corrected chi connectivity index (χ3v) is 5.46. The molecule has 0 aromatic heterocycles. The van der Waals surface area contributed by atoms with Crippen LogP contribution in [0.5, 0.6) is 11.5 Å². The zero-order valence-corrected chi connectivity index (χ0v) is 18.6. The van der Waals surface area contributed by atoms with Crippen LogP contribution in [0.2, 0.25) is 0 Å². The monoisotopic (exact) mass is 430 g/mol. The van der Waals surface area contributed by atoms with Crippen molar-refractivity contribution in [1.82, 2.24) is 0 Å². The van der Waals surface area contributed by atoms with Gasteiger partial charge in [0.1, 0.15) is 23.6 Å². The number of hydrogen-bond acceptors (Lipinski definition) is 6. The summed E-state index contributed by atoms with van der Waals surface area (Å²) in [5.74, 6) is 0.273. The second kappa shape index (κ2) is 9.58. The molecule has 2 aromatic carbocycles. The first-order valence-corrected chi connectivity index (χ1v) is 10.5. The standard InChI is InChI=1S/C26H26N2O4/c1-17(2)30-21(15-27)14-22-24(26(22,3)4)25(29)32-23(16-28)18-9-8-12-20(13-18)31-19-10-6-5-7-11-19/h5-14,17,22-24H,1-4H3/t22-,23+,24-/m0/s1. The fourth-order valence-corrected chi connectivity index (χ4v) is 3.68. The van der Waals surface area contributed by atoms with E-state index in [0.29, 0.717) is 17.1 Å². The smallest absolute Gasteiger partial charge is 0.311 e. The number of ether oxygens (including phenoxy) is 3. The lowest BCUT2D eigenvalue weighted by molar-refractivity contribution is -0.149. The average Bonchev–Trinajstić information content (AvgIpc) is 3.31. The molecule has 3 atom stereocenters. The zero-order chi connectivity index (χ0) is 23.3. The number of nitriles is 2.